The van der Waals surface area contributed by atoms with Crippen molar-refractivity contribution < 1.29 is 14.7 Å². The molecule has 1 aromatic carbocycles. The van der Waals surface area contributed by atoms with Crippen molar-refractivity contribution in [3.05, 3.63) is 29.8 Å². The van der Waals surface area contributed by atoms with E-state index in [4.69, 9.17) is 5.11 Å². The van der Waals surface area contributed by atoms with Crippen molar-refractivity contribution in [2.45, 2.75) is 25.4 Å². The molecule has 1 saturated heterocycles. The largest absolute Gasteiger partial charge is 0.478 e. The van der Waals surface area contributed by atoms with Crippen molar-refractivity contribution in [3.63, 3.8) is 0 Å². The van der Waals surface area contributed by atoms with E-state index in [1.807, 2.05) is 6.92 Å². The Bertz CT molecular complexity index is 458. The Kier molecular flexibility index (Phi) is 3.59. The third-order valence-corrected chi connectivity index (χ3v) is 2.81. The molecule has 0 spiro atoms. The quantitative estimate of drug-likeness (QED) is 0.629. The van der Waals surface area contributed by atoms with Crippen LogP contribution in [0.5, 0.6) is 0 Å². The number of hydrogen-bond acceptors (Lipinski definition) is 4. The minimum Gasteiger partial charge on any atom is -0.478 e. The smallest absolute Gasteiger partial charge is 0.335 e. The molecule has 0 radical (unpaired) electrons. The molecule has 2 rings (SSSR count). The van der Waals surface area contributed by atoms with E-state index in [9.17, 15) is 9.59 Å². The summed E-state index contributed by atoms with van der Waals surface area (Å²) in [5.41, 5.74) is 6.66. The minimum absolute atomic E-state index is 0.130. The van der Waals surface area contributed by atoms with E-state index in [1.165, 1.54) is 12.1 Å². The molecule has 1 amide bonds. The summed E-state index contributed by atoms with van der Waals surface area (Å²) in [5, 5.41) is 11.5. The summed E-state index contributed by atoms with van der Waals surface area (Å²) in [4.78, 5) is 22.5. The highest BCUT2D eigenvalue weighted by Crippen LogP contribution is 2.12. The fourth-order valence-electron chi connectivity index (χ4n) is 1.81. The average Bonchev–Trinajstić information content (AvgIpc) is 2.76. The Labute approximate surface area is 104 Å². The van der Waals surface area contributed by atoms with Crippen LogP contribution in [0.25, 0.3) is 0 Å². The van der Waals surface area contributed by atoms with Gasteiger partial charge in [0.15, 0.2) is 0 Å². The molecule has 18 heavy (non-hydrogen) atoms. The van der Waals surface area contributed by atoms with Crippen molar-refractivity contribution in [1.82, 2.24) is 10.9 Å². The Morgan fingerprint density at radius 3 is 2.44 bits per heavy atom. The maximum Gasteiger partial charge on any atom is 0.335 e. The van der Waals surface area contributed by atoms with Gasteiger partial charge in [-0.3, -0.25) is 10.2 Å². The van der Waals surface area contributed by atoms with E-state index >= 15 is 0 Å². The number of aromatic carboxylic acids is 1. The summed E-state index contributed by atoms with van der Waals surface area (Å²) in [6.45, 7) is 1.99. The van der Waals surface area contributed by atoms with E-state index in [2.05, 4.69) is 16.2 Å². The second-order valence-electron chi connectivity index (χ2n) is 4.35. The number of anilines is 1. The molecule has 2 unspecified atom stereocenters. The summed E-state index contributed by atoms with van der Waals surface area (Å²) in [7, 11) is 0. The lowest BCUT2D eigenvalue weighted by molar-refractivity contribution is -0.117. The van der Waals surface area contributed by atoms with Crippen LogP contribution in [-0.2, 0) is 4.79 Å². The molecule has 1 heterocycles. The van der Waals surface area contributed by atoms with Crippen LogP contribution in [0.1, 0.15) is 23.7 Å². The van der Waals surface area contributed by atoms with Gasteiger partial charge >= 0.3 is 5.97 Å². The fraction of sp³-hybridized carbons (Fsp3) is 0.333. The summed E-state index contributed by atoms with van der Waals surface area (Å²) < 4.78 is 0. The molecule has 4 N–H and O–H groups in total. The van der Waals surface area contributed by atoms with Crippen LogP contribution in [0.3, 0.4) is 0 Å². The van der Waals surface area contributed by atoms with Gasteiger partial charge in [-0.05, 0) is 37.6 Å². The lowest BCUT2D eigenvalue weighted by atomic mass is 10.1. The molecule has 0 aromatic heterocycles. The number of nitrogens with one attached hydrogen (secondary N) is 3. The lowest BCUT2D eigenvalue weighted by Crippen LogP contribution is -2.39. The first kappa shape index (κ1) is 12.5. The second kappa shape index (κ2) is 5.16. The molecule has 1 aromatic rings. The van der Waals surface area contributed by atoms with Gasteiger partial charge < -0.3 is 10.4 Å². The molecule has 6 nitrogen and oxygen atoms in total. The molecule has 2 atom stereocenters. The first-order chi connectivity index (χ1) is 8.56. The first-order valence-electron chi connectivity index (χ1n) is 5.71. The van der Waals surface area contributed by atoms with Gasteiger partial charge in [0.2, 0.25) is 5.91 Å². The number of hydrogen-bond donors (Lipinski definition) is 4. The van der Waals surface area contributed by atoms with Crippen molar-refractivity contribution in [2.75, 3.05) is 5.32 Å². The van der Waals surface area contributed by atoms with Crippen molar-refractivity contribution in [1.29, 1.82) is 0 Å². The number of amides is 1. The van der Waals surface area contributed by atoms with Gasteiger partial charge in [0.25, 0.3) is 0 Å². The van der Waals surface area contributed by atoms with Crippen LogP contribution >= 0.6 is 0 Å². The van der Waals surface area contributed by atoms with Crippen LogP contribution in [0.4, 0.5) is 5.69 Å². The SMILES string of the molecule is CC1CC(C(=O)Nc2ccc(C(=O)O)cc2)NN1. The number of carboxylic acid groups (broad SMARTS) is 1. The normalized spacial score (nSPS) is 22.7. The van der Waals surface area contributed by atoms with E-state index in [1.54, 1.807) is 12.1 Å². The highest BCUT2D eigenvalue weighted by atomic mass is 16.4. The van der Waals surface area contributed by atoms with E-state index < -0.39 is 5.97 Å². The average molecular weight is 249 g/mol. The third-order valence-electron chi connectivity index (χ3n) is 2.81. The summed E-state index contributed by atoms with van der Waals surface area (Å²) in [5.74, 6) is -1.11. The predicted molar refractivity (Wildman–Crippen MR) is 66.2 cm³/mol. The maximum atomic E-state index is 11.8. The van der Waals surface area contributed by atoms with E-state index in [-0.39, 0.29) is 23.6 Å². The zero-order valence-electron chi connectivity index (χ0n) is 9.93. The fourth-order valence-corrected chi connectivity index (χ4v) is 1.81. The number of rotatable bonds is 3. The standard InChI is InChI=1S/C12H15N3O3/c1-7-6-10(15-14-7)11(16)13-9-4-2-8(3-5-9)12(17)18/h2-5,7,10,14-15H,6H2,1H3,(H,13,16)(H,17,18). The Morgan fingerprint density at radius 1 is 1.28 bits per heavy atom. The zero-order chi connectivity index (χ0) is 13.1. The second-order valence-corrected chi connectivity index (χ2v) is 4.35. The number of benzene rings is 1. The number of carboxylic acids is 1. The molecule has 0 saturated carbocycles. The van der Waals surface area contributed by atoms with Crippen LogP contribution in [0.15, 0.2) is 24.3 Å². The van der Waals surface area contributed by atoms with Crippen LogP contribution in [0, 0.1) is 0 Å². The van der Waals surface area contributed by atoms with Crippen molar-refractivity contribution >= 4 is 17.6 Å². The van der Waals surface area contributed by atoms with Gasteiger partial charge in [-0.2, -0.15) is 0 Å². The minimum atomic E-state index is -0.983. The van der Waals surface area contributed by atoms with Gasteiger partial charge in [-0.1, -0.05) is 0 Å². The zero-order valence-corrected chi connectivity index (χ0v) is 9.93. The monoisotopic (exact) mass is 249 g/mol. The molecule has 1 aliphatic heterocycles. The summed E-state index contributed by atoms with van der Waals surface area (Å²) in [6.07, 6.45) is 0.721. The molecule has 6 heteroatoms. The summed E-state index contributed by atoms with van der Waals surface area (Å²) in [6, 6.07) is 6.07. The van der Waals surface area contributed by atoms with Crippen molar-refractivity contribution in [2.24, 2.45) is 0 Å². The lowest BCUT2D eigenvalue weighted by Gasteiger charge is -2.10. The number of hydrazine groups is 1. The number of carbonyl (C=O) groups is 2. The summed E-state index contributed by atoms with van der Waals surface area (Å²) >= 11 is 0. The molecule has 0 aliphatic carbocycles. The van der Waals surface area contributed by atoms with Crippen LogP contribution in [-0.4, -0.2) is 29.1 Å². The van der Waals surface area contributed by atoms with Gasteiger partial charge in [-0.15, -0.1) is 0 Å². The Morgan fingerprint density at radius 2 is 1.94 bits per heavy atom. The van der Waals surface area contributed by atoms with Gasteiger partial charge in [0.05, 0.1) is 5.56 Å². The first-order valence-corrected chi connectivity index (χ1v) is 5.71. The molecule has 0 bridgehead atoms. The molecular formula is C12H15N3O3. The highest BCUT2D eigenvalue weighted by Gasteiger charge is 2.26. The topological polar surface area (TPSA) is 90.5 Å². The van der Waals surface area contributed by atoms with E-state index in [0.29, 0.717) is 5.69 Å². The Balaban J connectivity index is 1.97. The number of carbonyl (C=O) groups excluding carboxylic acids is 1. The third kappa shape index (κ3) is 2.85. The molecule has 1 aliphatic rings. The van der Waals surface area contributed by atoms with Gasteiger partial charge in [-0.25, -0.2) is 10.2 Å². The van der Waals surface area contributed by atoms with Crippen molar-refractivity contribution in [3.8, 4) is 0 Å². The molecule has 96 valence electrons. The van der Waals surface area contributed by atoms with Gasteiger partial charge in [0, 0.05) is 11.7 Å². The van der Waals surface area contributed by atoms with Crippen LogP contribution in [0.2, 0.25) is 0 Å². The van der Waals surface area contributed by atoms with E-state index in [0.717, 1.165) is 6.42 Å². The van der Waals surface area contributed by atoms with Crippen LogP contribution < -0.4 is 16.2 Å². The Hall–Kier alpha value is -1.92. The molecular weight excluding hydrogens is 234 g/mol. The maximum absolute atomic E-state index is 11.8. The predicted octanol–water partition coefficient (Wildman–Crippen LogP) is 0.578. The van der Waals surface area contributed by atoms with Gasteiger partial charge in [0.1, 0.15) is 6.04 Å². The molecule has 1 fully saturated rings. The highest BCUT2D eigenvalue weighted by molar-refractivity contribution is 5.95.